The summed E-state index contributed by atoms with van der Waals surface area (Å²) < 4.78 is 11.2. The van der Waals surface area contributed by atoms with Crippen LogP contribution in [0.25, 0.3) is 6.08 Å². The van der Waals surface area contributed by atoms with Crippen LogP contribution in [0.2, 0.25) is 0 Å². The highest BCUT2D eigenvalue weighted by molar-refractivity contribution is 7.10. The Hall–Kier alpha value is -2.27. The molecule has 1 heterocycles. The largest absolute Gasteiger partial charge is 0.490 e. The molecule has 2 rings (SSSR count). The van der Waals surface area contributed by atoms with Crippen molar-refractivity contribution in [1.82, 2.24) is 5.32 Å². The van der Waals surface area contributed by atoms with Crippen molar-refractivity contribution in [3.05, 3.63) is 52.2 Å². The molecule has 128 valence electrons. The van der Waals surface area contributed by atoms with Gasteiger partial charge in [0.15, 0.2) is 11.5 Å². The van der Waals surface area contributed by atoms with Gasteiger partial charge >= 0.3 is 0 Å². The lowest BCUT2D eigenvalue weighted by atomic mass is 10.1. The van der Waals surface area contributed by atoms with Gasteiger partial charge in [0.2, 0.25) is 5.91 Å². The first-order chi connectivity index (χ1) is 11.6. The lowest BCUT2D eigenvalue weighted by molar-refractivity contribution is -0.117. The van der Waals surface area contributed by atoms with E-state index in [0.717, 1.165) is 16.2 Å². The normalized spacial score (nSPS) is 12.1. The second-order valence-corrected chi connectivity index (χ2v) is 6.13. The van der Waals surface area contributed by atoms with Crippen LogP contribution in [-0.4, -0.2) is 19.1 Å². The summed E-state index contributed by atoms with van der Waals surface area (Å²) in [6.07, 6.45) is 3.37. The Bertz CT molecular complexity index is 680. The lowest BCUT2D eigenvalue weighted by Gasteiger charge is -2.17. The molecule has 0 aliphatic heterocycles. The molecule has 0 saturated carbocycles. The van der Waals surface area contributed by atoms with Gasteiger partial charge in [0.1, 0.15) is 0 Å². The van der Waals surface area contributed by atoms with E-state index in [1.807, 2.05) is 62.6 Å². The fraction of sp³-hybridized carbons (Fsp3) is 0.316. The monoisotopic (exact) mass is 345 g/mol. The van der Waals surface area contributed by atoms with Crippen molar-refractivity contribution in [3.8, 4) is 11.5 Å². The zero-order valence-corrected chi connectivity index (χ0v) is 15.1. The average molecular weight is 345 g/mol. The van der Waals surface area contributed by atoms with Gasteiger partial charge in [-0.3, -0.25) is 4.79 Å². The molecule has 0 saturated heterocycles. The molecule has 4 nitrogen and oxygen atoms in total. The molecule has 0 spiro atoms. The highest BCUT2D eigenvalue weighted by atomic mass is 32.1. The Balaban J connectivity index is 2.04. The van der Waals surface area contributed by atoms with Crippen molar-refractivity contribution in [2.45, 2.75) is 26.8 Å². The number of amides is 1. The summed E-state index contributed by atoms with van der Waals surface area (Å²) in [5.41, 5.74) is 0.972. The second-order valence-electron chi connectivity index (χ2n) is 5.15. The molecule has 0 aliphatic carbocycles. The lowest BCUT2D eigenvalue weighted by Crippen LogP contribution is -2.24. The maximum atomic E-state index is 12.1. The van der Waals surface area contributed by atoms with Gasteiger partial charge in [-0.25, -0.2) is 0 Å². The van der Waals surface area contributed by atoms with Crippen LogP contribution < -0.4 is 14.8 Å². The third-order valence-electron chi connectivity index (χ3n) is 3.37. The van der Waals surface area contributed by atoms with Gasteiger partial charge < -0.3 is 14.8 Å². The Labute approximate surface area is 147 Å². The van der Waals surface area contributed by atoms with Crippen LogP contribution in [-0.2, 0) is 4.79 Å². The molecule has 1 aromatic carbocycles. The fourth-order valence-corrected chi connectivity index (χ4v) is 2.84. The van der Waals surface area contributed by atoms with Crippen molar-refractivity contribution in [2.24, 2.45) is 0 Å². The summed E-state index contributed by atoms with van der Waals surface area (Å²) in [5, 5.41) is 4.94. The highest BCUT2D eigenvalue weighted by Gasteiger charge is 2.12. The number of hydrogen-bond donors (Lipinski definition) is 1. The van der Waals surface area contributed by atoms with E-state index in [1.54, 1.807) is 17.4 Å². The number of hydrogen-bond acceptors (Lipinski definition) is 4. The molecular formula is C19H23NO3S. The fourth-order valence-electron chi connectivity index (χ4n) is 2.23. The van der Waals surface area contributed by atoms with Crippen LogP contribution in [0.4, 0.5) is 0 Å². The SMILES string of the molecule is CCOc1ccc([C@H](C)NC(=O)/C=C/c2cccs2)cc1OCC. The van der Waals surface area contributed by atoms with E-state index in [-0.39, 0.29) is 11.9 Å². The van der Waals surface area contributed by atoms with Crippen molar-refractivity contribution in [2.75, 3.05) is 13.2 Å². The van der Waals surface area contributed by atoms with Crippen LogP contribution >= 0.6 is 11.3 Å². The highest BCUT2D eigenvalue weighted by Crippen LogP contribution is 2.30. The molecule has 0 aliphatic rings. The molecule has 0 fully saturated rings. The number of thiophene rings is 1. The number of rotatable bonds is 8. The quantitative estimate of drug-likeness (QED) is 0.720. The zero-order valence-electron chi connectivity index (χ0n) is 14.2. The predicted octanol–water partition coefficient (Wildman–Crippen LogP) is 4.44. The Morgan fingerprint density at radius 3 is 2.62 bits per heavy atom. The maximum Gasteiger partial charge on any atom is 0.244 e. The minimum atomic E-state index is -0.125. The summed E-state index contributed by atoms with van der Waals surface area (Å²) in [5.74, 6) is 1.30. The molecule has 24 heavy (non-hydrogen) atoms. The van der Waals surface area contributed by atoms with Crippen LogP contribution in [0, 0.1) is 0 Å². The molecule has 5 heteroatoms. The molecule has 1 aromatic heterocycles. The van der Waals surface area contributed by atoms with Crippen molar-refractivity contribution < 1.29 is 14.3 Å². The number of benzene rings is 1. The molecule has 1 N–H and O–H groups in total. The number of ether oxygens (including phenoxy) is 2. The molecular weight excluding hydrogens is 322 g/mol. The second kappa shape index (κ2) is 9.13. The molecule has 1 atom stereocenters. The van der Waals surface area contributed by atoms with Crippen molar-refractivity contribution in [1.29, 1.82) is 0 Å². The topological polar surface area (TPSA) is 47.6 Å². The minimum absolute atomic E-state index is 0.122. The van der Waals surface area contributed by atoms with Crippen molar-refractivity contribution >= 4 is 23.3 Å². The van der Waals surface area contributed by atoms with E-state index in [9.17, 15) is 4.79 Å². The van der Waals surface area contributed by atoms with Crippen LogP contribution in [0.3, 0.4) is 0 Å². The van der Waals surface area contributed by atoms with Gasteiger partial charge in [0, 0.05) is 11.0 Å². The molecule has 0 bridgehead atoms. The minimum Gasteiger partial charge on any atom is -0.490 e. The van der Waals surface area contributed by atoms with Crippen LogP contribution in [0.5, 0.6) is 11.5 Å². The summed E-state index contributed by atoms with van der Waals surface area (Å²) in [4.78, 5) is 13.1. The third-order valence-corrected chi connectivity index (χ3v) is 4.21. The summed E-state index contributed by atoms with van der Waals surface area (Å²) in [6.45, 7) is 6.96. The van der Waals surface area contributed by atoms with Gasteiger partial charge in [-0.15, -0.1) is 11.3 Å². The van der Waals surface area contributed by atoms with Gasteiger partial charge in [-0.2, -0.15) is 0 Å². The van der Waals surface area contributed by atoms with Gasteiger partial charge in [0.25, 0.3) is 0 Å². The number of carbonyl (C=O) groups excluding carboxylic acids is 1. The van der Waals surface area contributed by atoms with Crippen LogP contribution in [0.1, 0.15) is 37.3 Å². The van der Waals surface area contributed by atoms with E-state index in [4.69, 9.17) is 9.47 Å². The zero-order chi connectivity index (χ0) is 17.4. The van der Waals surface area contributed by atoms with Crippen molar-refractivity contribution in [3.63, 3.8) is 0 Å². The average Bonchev–Trinajstić information content (AvgIpc) is 3.08. The van der Waals surface area contributed by atoms with E-state index < -0.39 is 0 Å². The third kappa shape index (κ3) is 5.13. The van der Waals surface area contributed by atoms with Gasteiger partial charge in [0.05, 0.1) is 19.3 Å². The van der Waals surface area contributed by atoms with E-state index >= 15 is 0 Å². The van der Waals surface area contributed by atoms with Gasteiger partial charge in [-0.1, -0.05) is 12.1 Å². The standard InChI is InChI=1S/C19H23NO3S/c1-4-22-17-10-8-15(13-18(17)23-5-2)14(3)20-19(21)11-9-16-7-6-12-24-16/h6-14H,4-5H2,1-3H3,(H,20,21)/b11-9+/t14-/m0/s1. The number of carbonyl (C=O) groups is 1. The van der Waals surface area contributed by atoms with E-state index in [2.05, 4.69) is 5.32 Å². The molecule has 0 radical (unpaired) electrons. The predicted molar refractivity (Wildman–Crippen MR) is 98.7 cm³/mol. The first-order valence-corrected chi connectivity index (χ1v) is 8.93. The smallest absolute Gasteiger partial charge is 0.244 e. The summed E-state index contributed by atoms with van der Waals surface area (Å²) in [7, 11) is 0. The van der Waals surface area contributed by atoms with Gasteiger partial charge in [-0.05, 0) is 56.0 Å². The number of nitrogens with one attached hydrogen (secondary N) is 1. The first kappa shape index (κ1) is 18.1. The Morgan fingerprint density at radius 2 is 1.96 bits per heavy atom. The maximum absolute atomic E-state index is 12.1. The first-order valence-electron chi connectivity index (χ1n) is 8.05. The molecule has 2 aromatic rings. The Morgan fingerprint density at radius 1 is 1.21 bits per heavy atom. The molecule has 1 amide bonds. The van der Waals surface area contributed by atoms with Crippen LogP contribution in [0.15, 0.2) is 41.8 Å². The Kier molecular flexibility index (Phi) is 6.88. The summed E-state index contributed by atoms with van der Waals surface area (Å²) >= 11 is 1.60. The van der Waals surface area contributed by atoms with E-state index in [0.29, 0.717) is 19.0 Å². The molecule has 0 unspecified atom stereocenters. The summed E-state index contributed by atoms with van der Waals surface area (Å²) in [6, 6.07) is 9.55. The van der Waals surface area contributed by atoms with E-state index in [1.165, 1.54) is 0 Å².